The highest BCUT2D eigenvalue weighted by Gasteiger charge is 2.35. The zero-order valence-electron chi connectivity index (χ0n) is 19.7. The number of pyridine rings is 1. The molecule has 2 aromatic rings. The predicted molar refractivity (Wildman–Crippen MR) is 137 cm³/mol. The second-order valence-electron chi connectivity index (χ2n) is 9.52. The van der Waals surface area contributed by atoms with E-state index in [1.165, 1.54) is 31.9 Å². The summed E-state index contributed by atoms with van der Waals surface area (Å²) in [7, 11) is 1.57. The topological polar surface area (TPSA) is 62.7 Å². The second kappa shape index (κ2) is 11.9. The molecule has 1 aromatic carbocycles. The highest BCUT2D eigenvalue weighted by atomic mass is 35.5. The van der Waals surface area contributed by atoms with Crippen molar-refractivity contribution in [3.8, 4) is 5.75 Å². The predicted octanol–water partition coefficient (Wildman–Crippen LogP) is 6.39. The first kappa shape index (κ1) is 25.5. The highest BCUT2D eigenvalue weighted by molar-refractivity contribution is 7.99. The van der Waals surface area contributed by atoms with Gasteiger partial charge in [0.25, 0.3) is 0 Å². The minimum Gasteiger partial charge on any atom is -0.497 e. The summed E-state index contributed by atoms with van der Waals surface area (Å²) in [5.74, 6) is 0.420. The molecule has 1 aromatic heterocycles. The van der Waals surface area contributed by atoms with Crippen LogP contribution in [0.3, 0.4) is 0 Å². The van der Waals surface area contributed by atoms with E-state index < -0.39 is 18.1 Å². The Morgan fingerprint density at radius 3 is 2.88 bits per heavy atom. The Labute approximate surface area is 210 Å². The van der Waals surface area contributed by atoms with Gasteiger partial charge >= 0.3 is 5.97 Å². The minimum absolute atomic E-state index is 0.0316. The van der Waals surface area contributed by atoms with Crippen LogP contribution in [0.1, 0.15) is 56.7 Å². The highest BCUT2D eigenvalue weighted by Crippen LogP contribution is 2.39. The maximum absolute atomic E-state index is 15.5. The van der Waals surface area contributed by atoms with Crippen LogP contribution in [0.5, 0.6) is 5.75 Å². The number of hydrogen-bond donors (Lipinski definition) is 1. The van der Waals surface area contributed by atoms with Gasteiger partial charge in [-0.1, -0.05) is 24.4 Å². The molecule has 5 nitrogen and oxygen atoms in total. The summed E-state index contributed by atoms with van der Waals surface area (Å²) >= 11 is 8.40. The molecule has 2 aliphatic rings. The number of ether oxygens (including phenoxy) is 1. The van der Waals surface area contributed by atoms with Gasteiger partial charge in [0, 0.05) is 41.2 Å². The second-order valence-corrected chi connectivity index (χ2v) is 11.3. The fourth-order valence-electron chi connectivity index (χ4n) is 5.42. The quantitative estimate of drug-likeness (QED) is 0.401. The molecule has 2 fully saturated rings. The van der Waals surface area contributed by atoms with Gasteiger partial charge in [0.15, 0.2) is 0 Å². The first-order chi connectivity index (χ1) is 16.5. The molecule has 4 rings (SSSR count). The summed E-state index contributed by atoms with van der Waals surface area (Å²) in [4.78, 5) is 18.6. The van der Waals surface area contributed by atoms with E-state index in [2.05, 4.69) is 9.88 Å². The van der Waals surface area contributed by atoms with Crippen molar-refractivity contribution in [3.05, 3.63) is 35.0 Å². The number of alkyl halides is 1. The Balaban J connectivity index is 1.36. The van der Waals surface area contributed by atoms with E-state index >= 15 is 4.39 Å². The van der Waals surface area contributed by atoms with Crippen LogP contribution in [0, 0.1) is 11.8 Å². The fourth-order valence-corrected chi connectivity index (χ4v) is 7.05. The molecule has 1 N–H and O–H groups in total. The molecule has 2 heterocycles. The molecule has 3 atom stereocenters. The first-order valence-corrected chi connectivity index (χ1v) is 13.7. The molecule has 1 aliphatic carbocycles. The van der Waals surface area contributed by atoms with Crippen molar-refractivity contribution in [2.45, 2.75) is 56.4 Å². The number of carboxylic acids is 1. The fraction of sp³-hybridized carbons (Fsp3) is 0.615. The maximum atomic E-state index is 15.5. The number of thioether (sulfide) groups is 1. The Hall–Kier alpha value is -1.57. The van der Waals surface area contributed by atoms with E-state index in [-0.39, 0.29) is 17.4 Å². The van der Waals surface area contributed by atoms with Gasteiger partial charge in [-0.2, -0.15) is 11.8 Å². The van der Waals surface area contributed by atoms with E-state index in [4.69, 9.17) is 16.3 Å². The number of piperidine rings is 1. The van der Waals surface area contributed by atoms with Gasteiger partial charge in [-0.25, -0.2) is 4.39 Å². The number of hydrogen-bond acceptors (Lipinski definition) is 5. The minimum atomic E-state index is -1.29. The molecule has 3 unspecified atom stereocenters. The van der Waals surface area contributed by atoms with Crippen molar-refractivity contribution in [3.63, 3.8) is 0 Å². The molecule has 186 valence electrons. The van der Waals surface area contributed by atoms with Gasteiger partial charge < -0.3 is 14.7 Å². The number of aliphatic carboxylic acids is 1. The molecule has 1 aliphatic heterocycles. The zero-order valence-corrected chi connectivity index (χ0v) is 21.3. The lowest BCUT2D eigenvalue weighted by Crippen LogP contribution is -2.44. The number of fused-ring (bicyclic) bond motifs is 1. The van der Waals surface area contributed by atoms with Crippen molar-refractivity contribution in [1.82, 2.24) is 9.88 Å². The lowest BCUT2D eigenvalue weighted by Gasteiger charge is -2.37. The number of nitrogens with zero attached hydrogens (tertiary/aromatic N) is 2. The van der Waals surface area contributed by atoms with Gasteiger partial charge in [-0.3, -0.25) is 9.78 Å². The molecule has 0 spiro atoms. The monoisotopic (exact) mass is 508 g/mol. The molecule has 8 heteroatoms. The van der Waals surface area contributed by atoms with Crippen LogP contribution in [-0.4, -0.2) is 58.7 Å². The van der Waals surface area contributed by atoms with Gasteiger partial charge in [-0.15, -0.1) is 0 Å². The van der Waals surface area contributed by atoms with E-state index in [1.807, 2.05) is 11.8 Å². The number of rotatable bonds is 10. The summed E-state index contributed by atoms with van der Waals surface area (Å²) < 4.78 is 20.8. The van der Waals surface area contributed by atoms with E-state index in [9.17, 15) is 9.90 Å². The third-order valence-electron chi connectivity index (χ3n) is 7.39. The van der Waals surface area contributed by atoms with Crippen LogP contribution in [0.4, 0.5) is 4.39 Å². The van der Waals surface area contributed by atoms with Crippen LogP contribution in [0.25, 0.3) is 10.9 Å². The summed E-state index contributed by atoms with van der Waals surface area (Å²) in [6.45, 7) is 2.37. The van der Waals surface area contributed by atoms with Crippen LogP contribution >= 0.6 is 23.4 Å². The Bertz CT molecular complexity index is 988. The molecule has 0 bridgehead atoms. The number of aromatic nitrogens is 1. The normalized spacial score (nSPS) is 22.8. The van der Waals surface area contributed by atoms with E-state index in [0.717, 1.165) is 30.5 Å². The Morgan fingerprint density at radius 2 is 2.15 bits per heavy atom. The largest absolute Gasteiger partial charge is 0.497 e. The average molecular weight is 509 g/mol. The number of benzene rings is 1. The summed E-state index contributed by atoms with van der Waals surface area (Å²) in [5.41, 5.74) is 1.08. The lowest BCUT2D eigenvalue weighted by atomic mass is 9.81. The van der Waals surface area contributed by atoms with Crippen LogP contribution in [-0.2, 0) is 4.79 Å². The van der Waals surface area contributed by atoms with Gasteiger partial charge in [0.2, 0.25) is 0 Å². The maximum Gasteiger partial charge on any atom is 0.308 e. The SMILES string of the molecule is COc1ccc2ncc(Cl)c(C(F)CCC3CCN(CCSC4CCCC4)CC3C(=O)O)c2c1. The number of methoxy groups -OCH3 is 1. The van der Waals surface area contributed by atoms with Crippen LogP contribution in [0.2, 0.25) is 5.02 Å². The number of likely N-dealkylation sites (tertiary alicyclic amines) is 1. The van der Waals surface area contributed by atoms with Crippen LogP contribution < -0.4 is 4.74 Å². The molecule has 0 radical (unpaired) electrons. The number of carbonyl (C=O) groups is 1. The molecule has 34 heavy (non-hydrogen) atoms. The van der Waals surface area contributed by atoms with Gasteiger partial charge in [-0.05, 0) is 62.8 Å². The third kappa shape index (κ3) is 6.16. The molecule has 0 amide bonds. The first-order valence-electron chi connectivity index (χ1n) is 12.3. The standard InChI is InChI=1S/C26H34ClFN2O3S/c1-33-18-7-9-24-20(14-18)25(22(27)15-29-24)23(28)8-6-17-10-11-30(16-21(17)26(31)32)12-13-34-19-4-2-3-5-19/h7,9,14-15,17,19,21,23H,2-6,8,10-13,16H2,1H3,(H,31,32). The van der Waals surface area contributed by atoms with E-state index in [0.29, 0.717) is 35.2 Å². The Morgan fingerprint density at radius 1 is 1.35 bits per heavy atom. The van der Waals surface area contributed by atoms with Gasteiger partial charge in [0.1, 0.15) is 11.9 Å². The van der Waals surface area contributed by atoms with Crippen LogP contribution in [0.15, 0.2) is 24.4 Å². The molecular formula is C26H34ClFN2O3S. The average Bonchev–Trinajstić information content (AvgIpc) is 3.36. The lowest BCUT2D eigenvalue weighted by molar-refractivity contribution is -0.146. The summed E-state index contributed by atoms with van der Waals surface area (Å²) in [6, 6.07) is 5.35. The molecular weight excluding hydrogens is 475 g/mol. The zero-order chi connectivity index (χ0) is 24.1. The van der Waals surface area contributed by atoms with Crippen molar-refractivity contribution < 1.29 is 19.0 Å². The molecule has 1 saturated carbocycles. The molecule has 1 saturated heterocycles. The van der Waals surface area contributed by atoms with Crippen molar-refractivity contribution in [2.24, 2.45) is 11.8 Å². The van der Waals surface area contributed by atoms with Gasteiger partial charge in [0.05, 0.1) is 23.6 Å². The van der Waals surface area contributed by atoms with E-state index in [1.54, 1.807) is 25.3 Å². The van der Waals surface area contributed by atoms with Crippen molar-refractivity contribution >= 4 is 40.2 Å². The number of halogens is 2. The summed E-state index contributed by atoms with van der Waals surface area (Å²) in [6.07, 6.45) is 7.06. The summed E-state index contributed by atoms with van der Waals surface area (Å²) in [5, 5.41) is 11.6. The van der Waals surface area contributed by atoms with Crippen molar-refractivity contribution in [2.75, 3.05) is 32.5 Å². The number of carboxylic acid groups (broad SMARTS) is 1. The smallest absolute Gasteiger partial charge is 0.308 e. The third-order valence-corrected chi connectivity index (χ3v) is 9.06. The van der Waals surface area contributed by atoms with Crippen molar-refractivity contribution in [1.29, 1.82) is 0 Å². The Kier molecular flexibility index (Phi) is 8.94.